The summed E-state index contributed by atoms with van der Waals surface area (Å²) in [5.74, 6) is -0.555. The summed E-state index contributed by atoms with van der Waals surface area (Å²) in [6.07, 6.45) is 3.24. The number of anilines is 1. The van der Waals surface area contributed by atoms with Gasteiger partial charge < -0.3 is 19.2 Å². The van der Waals surface area contributed by atoms with E-state index in [4.69, 9.17) is 14.3 Å². The van der Waals surface area contributed by atoms with E-state index < -0.39 is 15.7 Å². The average molecular weight is 594 g/mol. The highest BCUT2D eigenvalue weighted by Gasteiger charge is 2.36. The van der Waals surface area contributed by atoms with E-state index in [-0.39, 0.29) is 34.8 Å². The predicted molar refractivity (Wildman–Crippen MR) is 150 cm³/mol. The van der Waals surface area contributed by atoms with Crippen molar-refractivity contribution in [2.45, 2.75) is 43.4 Å². The van der Waals surface area contributed by atoms with Crippen LogP contribution in [0.1, 0.15) is 30.7 Å². The van der Waals surface area contributed by atoms with Gasteiger partial charge in [-0.2, -0.15) is 0 Å². The van der Waals surface area contributed by atoms with Gasteiger partial charge in [-0.3, -0.25) is 19.8 Å². The molecule has 40 heavy (non-hydrogen) atoms. The van der Waals surface area contributed by atoms with Crippen molar-refractivity contribution < 1.29 is 32.3 Å². The van der Waals surface area contributed by atoms with Crippen molar-refractivity contribution >= 4 is 43.8 Å². The number of piperazine rings is 1. The van der Waals surface area contributed by atoms with Crippen LogP contribution in [0.2, 0.25) is 0 Å². The minimum absolute atomic E-state index is 0.00213. The van der Waals surface area contributed by atoms with E-state index in [0.717, 1.165) is 11.1 Å². The van der Waals surface area contributed by atoms with Gasteiger partial charge in [0.1, 0.15) is 6.61 Å². The Morgan fingerprint density at radius 3 is 2.62 bits per heavy atom. The van der Waals surface area contributed by atoms with Crippen molar-refractivity contribution in [1.29, 1.82) is 0 Å². The Kier molecular flexibility index (Phi) is 9.56. The number of hydrogen-bond donors (Lipinski definition) is 1. The highest BCUT2D eigenvalue weighted by Crippen LogP contribution is 2.26. The number of amides is 2. The molecule has 218 valence electrons. The number of carbonyl (C=O) groups is 2. The molecule has 0 spiro atoms. The van der Waals surface area contributed by atoms with E-state index in [1.54, 1.807) is 6.20 Å². The van der Waals surface area contributed by atoms with E-state index in [2.05, 4.69) is 20.4 Å². The van der Waals surface area contributed by atoms with Crippen LogP contribution in [0.25, 0.3) is 0 Å². The third-order valence-corrected chi connectivity index (χ3v) is 8.68. The maximum absolute atomic E-state index is 13.3. The molecule has 0 bridgehead atoms. The molecule has 12 nitrogen and oxygen atoms in total. The quantitative estimate of drug-likeness (QED) is 0.322. The lowest BCUT2D eigenvalue weighted by atomic mass is 9.98. The lowest BCUT2D eigenvalue weighted by molar-refractivity contribution is -0.144. The maximum Gasteiger partial charge on any atom is 0.280 e. The number of ether oxygens (including phenoxy) is 2. The fourth-order valence-electron chi connectivity index (χ4n) is 4.68. The monoisotopic (exact) mass is 593 g/mol. The summed E-state index contributed by atoms with van der Waals surface area (Å²) in [7, 11) is -1.88. The van der Waals surface area contributed by atoms with Crippen molar-refractivity contribution in [2.24, 2.45) is 5.16 Å². The van der Waals surface area contributed by atoms with Crippen LogP contribution in [0.5, 0.6) is 0 Å². The van der Waals surface area contributed by atoms with Crippen LogP contribution in [0.3, 0.4) is 0 Å². The normalized spacial score (nSPS) is 19.9. The van der Waals surface area contributed by atoms with Gasteiger partial charge in [-0.05, 0) is 26.0 Å². The molecule has 14 heteroatoms. The van der Waals surface area contributed by atoms with Gasteiger partial charge in [-0.15, -0.1) is 11.3 Å². The Bertz CT molecular complexity index is 1340. The maximum atomic E-state index is 13.3. The molecule has 0 unspecified atom stereocenters. The van der Waals surface area contributed by atoms with Gasteiger partial charge in [0, 0.05) is 62.6 Å². The zero-order valence-corrected chi connectivity index (χ0v) is 24.7. The van der Waals surface area contributed by atoms with E-state index in [1.165, 1.54) is 42.7 Å². The molecule has 2 aliphatic heterocycles. The lowest BCUT2D eigenvalue weighted by Crippen LogP contribution is -2.61. The van der Waals surface area contributed by atoms with E-state index in [1.807, 2.05) is 18.7 Å². The summed E-state index contributed by atoms with van der Waals surface area (Å²) in [6.45, 7) is 7.69. The van der Waals surface area contributed by atoms with Crippen molar-refractivity contribution in [1.82, 2.24) is 14.8 Å². The number of rotatable bonds is 10. The third-order valence-electron chi connectivity index (χ3n) is 6.66. The third kappa shape index (κ3) is 7.63. The second-order valence-electron chi connectivity index (χ2n) is 10.4. The molecular formula is C26H35N5O7S2. The molecule has 1 atom stereocenters. The van der Waals surface area contributed by atoms with Crippen LogP contribution in [0.4, 0.5) is 5.13 Å². The molecule has 0 aliphatic carbocycles. The number of hydrogen-bond acceptors (Lipinski definition) is 11. The molecule has 2 amide bonds. The molecule has 0 radical (unpaired) electrons. The Morgan fingerprint density at radius 2 is 2.00 bits per heavy atom. The molecule has 4 rings (SSSR count). The lowest BCUT2D eigenvalue weighted by Gasteiger charge is -2.47. The van der Waals surface area contributed by atoms with Gasteiger partial charge >= 0.3 is 0 Å². The summed E-state index contributed by atoms with van der Waals surface area (Å²) < 4.78 is 34.1. The number of methoxy groups -OCH3 is 1. The van der Waals surface area contributed by atoms with Gasteiger partial charge in [0.05, 0.1) is 23.6 Å². The first-order chi connectivity index (χ1) is 19.0. The Labute approximate surface area is 238 Å². The second-order valence-corrected chi connectivity index (χ2v) is 13.5. The Balaban J connectivity index is 1.43. The van der Waals surface area contributed by atoms with Gasteiger partial charge in [0.15, 0.2) is 26.8 Å². The summed E-state index contributed by atoms with van der Waals surface area (Å²) >= 11 is 1.35. The first-order valence-corrected chi connectivity index (χ1v) is 15.6. The molecule has 1 aromatic carbocycles. The Hall–Kier alpha value is -2.91. The molecular weight excluding hydrogens is 558 g/mol. The summed E-state index contributed by atoms with van der Waals surface area (Å²) in [4.78, 5) is 40.8. The molecule has 2 fully saturated rings. The molecule has 1 aromatic heterocycles. The molecule has 1 N–H and O–H groups in total. The minimum atomic E-state index is -3.39. The van der Waals surface area contributed by atoms with Crippen molar-refractivity contribution in [3.63, 3.8) is 0 Å². The number of sulfone groups is 1. The Morgan fingerprint density at radius 1 is 1.25 bits per heavy atom. The fraction of sp³-hybridized carbons (Fsp3) is 0.538. The molecule has 2 aromatic rings. The van der Waals surface area contributed by atoms with Gasteiger partial charge in [0.2, 0.25) is 5.91 Å². The van der Waals surface area contributed by atoms with Crippen LogP contribution >= 0.6 is 11.3 Å². The zero-order chi connectivity index (χ0) is 28.9. The zero-order valence-electron chi connectivity index (χ0n) is 23.1. The highest BCUT2D eigenvalue weighted by molar-refractivity contribution is 7.90. The minimum Gasteiger partial charge on any atom is -0.389 e. The van der Waals surface area contributed by atoms with E-state index in [9.17, 15) is 18.0 Å². The fourth-order valence-corrected chi connectivity index (χ4v) is 6.16. The molecule has 3 heterocycles. The van der Waals surface area contributed by atoms with Gasteiger partial charge in [0.25, 0.3) is 5.91 Å². The smallest absolute Gasteiger partial charge is 0.280 e. The van der Waals surface area contributed by atoms with Gasteiger partial charge in [-0.1, -0.05) is 17.3 Å². The van der Waals surface area contributed by atoms with E-state index >= 15 is 0 Å². The number of aromatic nitrogens is 1. The molecule has 2 aliphatic rings. The predicted octanol–water partition coefficient (Wildman–Crippen LogP) is 1.76. The number of carbonyl (C=O) groups excluding carboxylic acids is 2. The SMILES string of the molecule is COCC(=O)N1CCN(Cc2cnc(NC(=O)/C(=N/O[C@@H]3CCOC3)c3ccc(S(C)(=O)=O)cc3)s2)CC1(C)C. The second kappa shape index (κ2) is 12.7. The largest absolute Gasteiger partial charge is 0.389 e. The van der Waals surface area contributed by atoms with Crippen LogP contribution in [-0.2, 0) is 40.3 Å². The molecule has 0 saturated carbocycles. The summed E-state index contributed by atoms with van der Waals surface area (Å²) in [5, 5.41) is 7.31. The first-order valence-electron chi connectivity index (χ1n) is 12.9. The number of benzene rings is 1. The number of nitrogens with one attached hydrogen (secondary N) is 1. The van der Waals surface area contributed by atoms with E-state index in [0.29, 0.717) is 56.5 Å². The van der Waals surface area contributed by atoms with Crippen molar-refractivity contribution in [3.8, 4) is 0 Å². The van der Waals surface area contributed by atoms with Crippen molar-refractivity contribution in [3.05, 3.63) is 40.9 Å². The van der Waals surface area contributed by atoms with Crippen LogP contribution in [0, 0.1) is 0 Å². The van der Waals surface area contributed by atoms with Crippen LogP contribution in [-0.4, -0.2) is 105 Å². The number of oxime groups is 1. The van der Waals surface area contributed by atoms with Gasteiger partial charge in [-0.25, -0.2) is 13.4 Å². The number of thiazole rings is 1. The summed E-state index contributed by atoms with van der Waals surface area (Å²) in [5.41, 5.74) is 0.0591. The van der Waals surface area contributed by atoms with Crippen LogP contribution < -0.4 is 5.32 Å². The topological polar surface area (TPSA) is 140 Å². The van der Waals surface area contributed by atoms with Crippen molar-refractivity contribution in [2.75, 3.05) is 58.1 Å². The average Bonchev–Trinajstić information content (AvgIpc) is 3.56. The molecule has 2 saturated heterocycles. The first kappa shape index (κ1) is 30.1. The standard InChI is InChI=1S/C26H35N5O7S2/c1-26(2)17-30(10-11-31(26)22(32)16-36-3)14-20-13-27-25(39-20)28-24(33)23(29-38-19-9-12-37-15-19)18-5-7-21(8-6-18)40(4,34)35/h5-8,13,19H,9-12,14-17H2,1-4H3,(H,27,28,33)/b29-23+/t19-/m1/s1. The highest BCUT2D eigenvalue weighted by atomic mass is 32.2. The number of nitrogens with zero attached hydrogens (tertiary/aromatic N) is 4. The summed E-state index contributed by atoms with van der Waals surface area (Å²) in [6, 6.07) is 5.90. The van der Waals surface area contributed by atoms with Crippen LogP contribution in [0.15, 0.2) is 40.5 Å².